The van der Waals surface area contributed by atoms with Gasteiger partial charge in [-0.25, -0.2) is 0 Å². The van der Waals surface area contributed by atoms with E-state index in [1.54, 1.807) is 0 Å². The van der Waals surface area contributed by atoms with Crippen LogP contribution >= 0.6 is 38.5 Å². The zero-order valence-electron chi connectivity index (χ0n) is 9.30. The van der Waals surface area contributed by atoms with Crippen LogP contribution < -0.4 is 10.6 Å². The lowest BCUT2D eigenvalue weighted by Gasteiger charge is -2.21. The quantitative estimate of drug-likeness (QED) is 0.738. The highest BCUT2D eigenvalue weighted by molar-refractivity contribution is 14.1. The first kappa shape index (κ1) is 13.3. The van der Waals surface area contributed by atoms with E-state index in [9.17, 15) is 4.79 Å². The molecule has 3 nitrogen and oxygen atoms in total. The van der Waals surface area contributed by atoms with Gasteiger partial charge in [-0.1, -0.05) is 0 Å². The van der Waals surface area contributed by atoms with Crippen LogP contribution in [0, 0.1) is 9.49 Å². The van der Waals surface area contributed by atoms with Crippen molar-refractivity contribution in [1.29, 1.82) is 0 Å². The molecule has 0 aromatic heterocycles. The third-order valence-electron chi connectivity index (χ3n) is 2.85. The average Bonchev–Trinajstić information content (AvgIpc) is 2.35. The first-order valence-electron chi connectivity index (χ1n) is 5.63. The second-order valence-electron chi connectivity index (χ2n) is 4.16. The van der Waals surface area contributed by atoms with Crippen LogP contribution in [-0.2, 0) is 4.79 Å². The van der Waals surface area contributed by atoms with Gasteiger partial charge in [0.1, 0.15) is 0 Å². The third-order valence-corrected chi connectivity index (χ3v) is 5.19. The molecule has 1 aliphatic rings. The maximum atomic E-state index is 12.0. The standard InChI is InChI=1S/C12H14BrIN2O/c13-10-6-9(3-4-11(10)14)16-12(17)8-2-1-5-15-7-8/h3-4,6,8,15H,1-2,5,7H2,(H,16,17). The molecular weight excluding hydrogens is 395 g/mol. The van der Waals surface area contributed by atoms with Crippen molar-refractivity contribution in [2.24, 2.45) is 5.92 Å². The molecule has 1 aromatic rings. The third kappa shape index (κ3) is 3.66. The molecule has 1 unspecified atom stereocenters. The molecule has 2 rings (SSSR count). The van der Waals surface area contributed by atoms with Gasteiger partial charge >= 0.3 is 0 Å². The Morgan fingerprint density at radius 3 is 3.00 bits per heavy atom. The Hall–Kier alpha value is -0.140. The molecule has 1 atom stereocenters. The van der Waals surface area contributed by atoms with Crippen molar-refractivity contribution < 1.29 is 4.79 Å². The molecule has 1 aliphatic heterocycles. The summed E-state index contributed by atoms with van der Waals surface area (Å²) in [6.07, 6.45) is 2.05. The molecule has 5 heteroatoms. The van der Waals surface area contributed by atoms with Gasteiger partial charge in [0.05, 0.1) is 5.92 Å². The lowest BCUT2D eigenvalue weighted by Crippen LogP contribution is -2.37. The highest BCUT2D eigenvalue weighted by Gasteiger charge is 2.20. The number of rotatable bonds is 2. The number of hydrogen-bond acceptors (Lipinski definition) is 2. The molecule has 92 valence electrons. The zero-order valence-corrected chi connectivity index (χ0v) is 13.0. The fourth-order valence-electron chi connectivity index (χ4n) is 1.89. The van der Waals surface area contributed by atoms with Crippen molar-refractivity contribution >= 4 is 50.1 Å². The van der Waals surface area contributed by atoms with Gasteiger partial charge in [-0.3, -0.25) is 4.79 Å². The Morgan fingerprint density at radius 2 is 2.35 bits per heavy atom. The summed E-state index contributed by atoms with van der Waals surface area (Å²) >= 11 is 5.71. The molecule has 0 spiro atoms. The topological polar surface area (TPSA) is 41.1 Å². The second-order valence-corrected chi connectivity index (χ2v) is 6.18. The smallest absolute Gasteiger partial charge is 0.228 e. The van der Waals surface area contributed by atoms with E-state index < -0.39 is 0 Å². The lowest BCUT2D eigenvalue weighted by atomic mass is 9.99. The van der Waals surface area contributed by atoms with Crippen LogP contribution in [0.2, 0.25) is 0 Å². The van der Waals surface area contributed by atoms with Gasteiger partial charge < -0.3 is 10.6 Å². The summed E-state index contributed by atoms with van der Waals surface area (Å²) in [5.41, 5.74) is 0.855. The van der Waals surface area contributed by atoms with E-state index in [1.807, 2.05) is 18.2 Å². The number of amides is 1. The Balaban J connectivity index is 1.99. The molecule has 0 bridgehead atoms. The average molecular weight is 409 g/mol. The van der Waals surface area contributed by atoms with Gasteiger partial charge in [0.15, 0.2) is 0 Å². The number of carbonyl (C=O) groups is 1. The van der Waals surface area contributed by atoms with E-state index in [2.05, 4.69) is 49.2 Å². The Bertz CT molecular complexity index is 419. The Kier molecular flexibility index (Phi) is 4.81. The molecular formula is C12H14BrIN2O. The summed E-state index contributed by atoms with van der Waals surface area (Å²) in [6, 6.07) is 5.86. The number of halogens is 2. The molecule has 0 aliphatic carbocycles. The van der Waals surface area contributed by atoms with Crippen molar-refractivity contribution in [2.45, 2.75) is 12.8 Å². The summed E-state index contributed by atoms with van der Waals surface area (Å²) in [6.45, 7) is 1.82. The predicted octanol–water partition coefficient (Wildman–Crippen LogP) is 2.99. The summed E-state index contributed by atoms with van der Waals surface area (Å²) in [7, 11) is 0. The van der Waals surface area contributed by atoms with Crippen molar-refractivity contribution in [3.05, 3.63) is 26.2 Å². The molecule has 2 N–H and O–H groups in total. The van der Waals surface area contributed by atoms with Crippen molar-refractivity contribution in [1.82, 2.24) is 5.32 Å². The van der Waals surface area contributed by atoms with Crippen molar-refractivity contribution in [3.8, 4) is 0 Å². The van der Waals surface area contributed by atoms with Crippen LogP contribution in [-0.4, -0.2) is 19.0 Å². The number of piperidine rings is 1. The molecule has 0 radical (unpaired) electrons. The molecule has 0 saturated carbocycles. The number of nitrogens with one attached hydrogen (secondary N) is 2. The first-order valence-corrected chi connectivity index (χ1v) is 7.50. The van der Waals surface area contributed by atoms with Gasteiger partial charge in [0.25, 0.3) is 0 Å². The van der Waals surface area contributed by atoms with Gasteiger partial charge in [0, 0.05) is 20.3 Å². The number of anilines is 1. The maximum Gasteiger partial charge on any atom is 0.228 e. The van der Waals surface area contributed by atoms with Gasteiger partial charge in [-0.15, -0.1) is 0 Å². The van der Waals surface area contributed by atoms with Gasteiger partial charge in [0.2, 0.25) is 5.91 Å². The van der Waals surface area contributed by atoms with E-state index in [0.717, 1.165) is 39.7 Å². The zero-order chi connectivity index (χ0) is 12.3. The fourth-order valence-corrected chi connectivity index (χ4v) is 2.61. The van der Waals surface area contributed by atoms with E-state index >= 15 is 0 Å². The molecule has 1 heterocycles. The van der Waals surface area contributed by atoms with Crippen LogP contribution in [0.15, 0.2) is 22.7 Å². The number of carbonyl (C=O) groups excluding carboxylic acids is 1. The molecule has 1 fully saturated rings. The predicted molar refractivity (Wildman–Crippen MR) is 81.1 cm³/mol. The van der Waals surface area contributed by atoms with Crippen molar-refractivity contribution in [2.75, 3.05) is 18.4 Å². The second kappa shape index (κ2) is 6.15. The van der Waals surface area contributed by atoms with Crippen LogP contribution in [0.3, 0.4) is 0 Å². The highest BCUT2D eigenvalue weighted by atomic mass is 127. The monoisotopic (exact) mass is 408 g/mol. The lowest BCUT2D eigenvalue weighted by molar-refractivity contribution is -0.120. The molecule has 1 aromatic carbocycles. The molecule has 1 saturated heterocycles. The first-order chi connectivity index (χ1) is 8.16. The minimum atomic E-state index is 0.0989. The highest BCUT2D eigenvalue weighted by Crippen LogP contribution is 2.23. The van der Waals surface area contributed by atoms with E-state index in [0.29, 0.717) is 0 Å². The van der Waals surface area contributed by atoms with Crippen molar-refractivity contribution in [3.63, 3.8) is 0 Å². The van der Waals surface area contributed by atoms with Crippen LogP contribution in [0.1, 0.15) is 12.8 Å². The van der Waals surface area contributed by atoms with Crippen LogP contribution in [0.4, 0.5) is 5.69 Å². The normalized spacial score (nSPS) is 20.0. The van der Waals surface area contributed by atoms with Crippen LogP contribution in [0.25, 0.3) is 0 Å². The number of hydrogen-bond donors (Lipinski definition) is 2. The number of benzene rings is 1. The summed E-state index contributed by atoms with van der Waals surface area (Å²) in [4.78, 5) is 12.0. The molecule has 1 amide bonds. The van der Waals surface area contributed by atoms with E-state index in [1.165, 1.54) is 0 Å². The summed E-state index contributed by atoms with van der Waals surface area (Å²) < 4.78 is 2.15. The molecule has 17 heavy (non-hydrogen) atoms. The largest absolute Gasteiger partial charge is 0.326 e. The van der Waals surface area contributed by atoms with E-state index in [-0.39, 0.29) is 11.8 Å². The Morgan fingerprint density at radius 1 is 1.53 bits per heavy atom. The minimum absolute atomic E-state index is 0.0989. The summed E-state index contributed by atoms with van der Waals surface area (Å²) in [5, 5.41) is 6.22. The fraction of sp³-hybridized carbons (Fsp3) is 0.417. The van der Waals surface area contributed by atoms with E-state index in [4.69, 9.17) is 0 Å². The van der Waals surface area contributed by atoms with Gasteiger partial charge in [-0.2, -0.15) is 0 Å². The Labute approximate surface area is 123 Å². The van der Waals surface area contributed by atoms with Crippen LogP contribution in [0.5, 0.6) is 0 Å². The summed E-state index contributed by atoms with van der Waals surface area (Å²) in [5.74, 6) is 0.215. The minimum Gasteiger partial charge on any atom is -0.326 e. The van der Waals surface area contributed by atoms with Gasteiger partial charge in [-0.05, 0) is 76.1 Å². The maximum absolute atomic E-state index is 12.0. The SMILES string of the molecule is O=C(Nc1ccc(I)c(Br)c1)C1CCCNC1.